The first kappa shape index (κ1) is 24.8. The van der Waals surface area contributed by atoms with Gasteiger partial charge in [0.05, 0.1) is 24.4 Å². The number of aliphatic hydroxyl groups excluding tert-OH is 1. The van der Waals surface area contributed by atoms with Crippen LogP contribution in [-0.2, 0) is 13.9 Å². The standard InChI is InChI=1S/C28H45NO4Si/c1-25(2,3)34(8,9)32-22-11-10-21-26(22,4)13-12-18-16-19-24(31-7)23(30)20(29(5)6)17-27(19)14-15-28(18,21)33-27/h12-13,16,20-23,30H,10-11,14-15,17H2,1-9H3/t20-,21+,22-,23+,26-,27+,28+/m0/s1. The summed E-state index contributed by atoms with van der Waals surface area (Å²) in [4.78, 5) is 2.12. The summed E-state index contributed by atoms with van der Waals surface area (Å²) in [6.07, 6.45) is 11.6. The van der Waals surface area contributed by atoms with Crippen LogP contribution in [0.15, 0.2) is 35.1 Å². The summed E-state index contributed by atoms with van der Waals surface area (Å²) in [7, 11) is 3.88. The molecule has 0 radical (unpaired) electrons. The molecule has 5 aliphatic rings. The van der Waals surface area contributed by atoms with Crippen LogP contribution < -0.4 is 0 Å². The van der Waals surface area contributed by atoms with Crippen molar-refractivity contribution in [1.82, 2.24) is 4.90 Å². The molecule has 190 valence electrons. The van der Waals surface area contributed by atoms with Crippen LogP contribution in [0.1, 0.15) is 59.8 Å². The lowest BCUT2D eigenvalue weighted by Crippen LogP contribution is -2.58. The van der Waals surface area contributed by atoms with E-state index >= 15 is 0 Å². The minimum absolute atomic E-state index is 0.0208. The van der Waals surface area contributed by atoms with E-state index in [2.05, 4.69) is 63.9 Å². The minimum Gasteiger partial charge on any atom is -0.498 e. The molecule has 5 rings (SSSR count). The largest absolute Gasteiger partial charge is 0.498 e. The molecule has 2 bridgehead atoms. The van der Waals surface area contributed by atoms with Crippen molar-refractivity contribution in [2.24, 2.45) is 11.3 Å². The van der Waals surface area contributed by atoms with Gasteiger partial charge in [-0.15, -0.1) is 0 Å². The maximum absolute atomic E-state index is 11.1. The van der Waals surface area contributed by atoms with Gasteiger partial charge in [0.25, 0.3) is 0 Å². The first-order valence-electron chi connectivity index (χ1n) is 13.1. The van der Waals surface area contributed by atoms with Gasteiger partial charge < -0.3 is 23.9 Å². The van der Waals surface area contributed by atoms with Crippen LogP contribution in [0, 0.1) is 11.3 Å². The molecule has 1 saturated heterocycles. The molecule has 2 spiro atoms. The highest BCUT2D eigenvalue weighted by Gasteiger charge is 2.68. The number of nitrogens with zero attached hydrogens (tertiary/aromatic N) is 1. The van der Waals surface area contributed by atoms with Gasteiger partial charge in [-0.1, -0.05) is 39.8 Å². The topological polar surface area (TPSA) is 51.2 Å². The van der Waals surface area contributed by atoms with Crippen molar-refractivity contribution in [3.8, 4) is 0 Å². The first-order chi connectivity index (χ1) is 15.7. The minimum atomic E-state index is -1.88. The molecule has 2 fully saturated rings. The lowest BCUT2D eigenvalue weighted by molar-refractivity contribution is -0.142. The zero-order chi connectivity index (χ0) is 24.9. The monoisotopic (exact) mass is 487 g/mol. The van der Waals surface area contributed by atoms with E-state index in [4.69, 9.17) is 13.9 Å². The molecule has 34 heavy (non-hydrogen) atoms. The number of aliphatic hydroxyl groups is 1. The number of methoxy groups -OCH3 is 1. The van der Waals surface area contributed by atoms with Crippen LogP contribution in [0.2, 0.25) is 18.1 Å². The lowest BCUT2D eigenvalue weighted by atomic mass is 9.62. The zero-order valence-electron chi connectivity index (χ0n) is 22.7. The van der Waals surface area contributed by atoms with Gasteiger partial charge in [-0.3, -0.25) is 0 Å². The normalized spacial score (nSPS) is 43.6. The molecule has 0 aromatic carbocycles. The number of rotatable bonds is 4. The second-order valence-electron chi connectivity index (χ2n) is 13.4. The predicted molar refractivity (Wildman–Crippen MR) is 138 cm³/mol. The van der Waals surface area contributed by atoms with E-state index in [9.17, 15) is 5.11 Å². The quantitative estimate of drug-likeness (QED) is 0.553. The van der Waals surface area contributed by atoms with Crippen molar-refractivity contribution >= 4 is 8.32 Å². The molecule has 2 heterocycles. The SMILES string of the molecule is COC1=C2C=C3C=C[C@]4(C)[C@@H](O[Si](C)(C)C(C)(C)C)CC[C@H]4[C@@]34CC[C@]2(C[C@H](N(C)C)[C@H]1O)O4. The van der Waals surface area contributed by atoms with Crippen molar-refractivity contribution in [3.05, 3.63) is 35.1 Å². The number of hydrogen-bond acceptors (Lipinski definition) is 5. The second-order valence-corrected chi connectivity index (χ2v) is 18.2. The Labute approximate surface area is 207 Å². The van der Waals surface area contributed by atoms with E-state index in [0.717, 1.165) is 37.7 Å². The van der Waals surface area contributed by atoms with Crippen LogP contribution in [0.25, 0.3) is 0 Å². The van der Waals surface area contributed by atoms with Gasteiger partial charge in [0.1, 0.15) is 11.9 Å². The maximum Gasteiger partial charge on any atom is 0.192 e. The van der Waals surface area contributed by atoms with Crippen LogP contribution in [0.4, 0.5) is 0 Å². The zero-order valence-corrected chi connectivity index (χ0v) is 23.7. The molecular weight excluding hydrogens is 442 g/mol. The fourth-order valence-corrected chi connectivity index (χ4v) is 8.85. The van der Waals surface area contributed by atoms with Crippen LogP contribution in [-0.4, -0.2) is 69.0 Å². The molecule has 6 heteroatoms. The Morgan fingerprint density at radius 1 is 1.18 bits per heavy atom. The van der Waals surface area contributed by atoms with Gasteiger partial charge in [-0.05, 0) is 76.0 Å². The molecule has 0 amide bonds. The van der Waals surface area contributed by atoms with Crippen LogP contribution in [0.5, 0.6) is 0 Å². The summed E-state index contributed by atoms with van der Waals surface area (Å²) in [6.45, 7) is 14.1. The summed E-state index contributed by atoms with van der Waals surface area (Å²) < 4.78 is 20.2. The lowest BCUT2D eigenvalue weighted by Gasteiger charge is -2.54. The smallest absolute Gasteiger partial charge is 0.192 e. The molecule has 0 aromatic heterocycles. The van der Waals surface area contributed by atoms with Crippen molar-refractivity contribution in [2.75, 3.05) is 21.2 Å². The highest BCUT2D eigenvalue weighted by Crippen LogP contribution is 2.66. The number of likely N-dealkylation sites (N-methyl/N-ethyl adjacent to an activating group) is 1. The van der Waals surface area contributed by atoms with E-state index in [1.165, 1.54) is 5.57 Å². The summed E-state index contributed by atoms with van der Waals surface area (Å²) in [6, 6.07) is -0.0208. The fourth-order valence-electron chi connectivity index (χ4n) is 7.42. The Balaban J connectivity index is 1.56. The third-order valence-corrected chi connectivity index (χ3v) is 15.0. The highest BCUT2D eigenvalue weighted by atomic mass is 28.4. The summed E-state index contributed by atoms with van der Waals surface area (Å²) in [5.41, 5.74) is 1.64. The molecule has 0 aromatic rings. The number of hydrogen-bond donors (Lipinski definition) is 1. The molecule has 5 nitrogen and oxygen atoms in total. The van der Waals surface area contributed by atoms with E-state index in [-0.39, 0.29) is 33.8 Å². The van der Waals surface area contributed by atoms with Crippen LogP contribution >= 0.6 is 0 Å². The van der Waals surface area contributed by atoms with Gasteiger partial charge in [-0.2, -0.15) is 0 Å². The molecule has 7 atom stereocenters. The van der Waals surface area contributed by atoms with E-state index in [1.54, 1.807) is 7.11 Å². The second kappa shape index (κ2) is 7.55. The Bertz CT molecular complexity index is 962. The third kappa shape index (κ3) is 3.18. The fraction of sp³-hybridized carbons (Fsp3) is 0.786. The predicted octanol–water partition coefficient (Wildman–Crippen LogP) is 5.19. The van der Waals surface area contributed by atoms with E-state index in [1.807, 2.05) is 14.1 Å². The average molecular weight is 488 g/mol. The van der Waals surface area contributed by atoms with Crippen molar-refractivity contribution < 1.29 is 19.0 Å². The molecule has 1 saturated carbocycles. The Kier molecular flexibility index (Phi) is 5.49. The van der Waals surface area contributed by atoms with Crippen LogP contribution in [0.3, 0.4) is 0 Å². The van der Waals surface area contributed by atoms with Gasteiger partial charge in [0.15, 0.2) is 8.32 Å². The third-order valence-electron chi connectivity index (χ3n) is 10.5. The maximum atomic E-state index is 11.1. The van der Waals surface area contributed by atoms with Crippen molar-refractivity contribution in [2.45, 2.75) is 107 Å². The first-order valence-corrected chi connectivity index (χ1v) is 16.0. The van der Waals surface area contributed by atoms with Gasteiger partial charge in [-0.25, -0.2) is 0 Å². The molecule has 3 aliphatic carbocycles. The van der Waals surface area contributed by atoms with Gasteiger partial charge >= 0.3 is 0 Å². The highest BCUT2D eigenvalue weighted by molar-refractivity contribution is 6.74. The summed E-state index contributed by atoms with van der Waals surface area (Å²) in [5, 5.41) is 11.3. The van der Waals surface area contributed by atoms with Crippen molar-refractivity contribution in [3.63, 3.8) is 0 Å². The summed E-state index contributed by atoms with van der Waals surface area (Å²) >= 11 is 0. The van der Waals surface area contributed by atoms with Gasteiger partial charge in [0, 0.05) is 22.9 Å². The molecule has 2 aliphatic heterocycles. The molecule has 1 N–H and O–H groups in total. The Morgan fingerprint density at radius 3 is 2.50 bits per heavy atom. The Hall–Kier alpha value is -0.923. The summed E-state index contributed by atoms with van der Waals surface area (Å²) in [5.74, 6) is 1.09. The number of fused-ring (bicyclic) bond motifs is 1. The van der Waals surface area contributed by atoms with E-state index < -0.39 is 14.4 Å². The van der Waals surface area contributed by atoms with Gasteiger partial charge in [0.2, 0.25) is 0 Å². The Morgan fingerprint density at radius 2 is 1.88 bits per heavy atom. The van der Waals surface area contributed by atoms with Crippen molar-refractivity contribution in [1.29, 1.82) is 0 Å². The molecular formula is C28H45NO4Si. The molecule has 0 unspecified atom stereocenters. The number of ether oxygens (including phenoxy) is 2. The average Bonchev–Trinajstić information content (AvgIpc) is 3.23. The van der Waals surface area contributed by atoms with E-state index in [0.29, 0.717) is 11.7 Å².